The number of Topliss-reactive ketones (excluding diaryl/α,β-unsaturated/α-hetero) is 1. The summed E-state index contributed by atoms with van der Waals surface area (Å²) in [4.78, 5) is 12.0. The fraction of sp³-hybridized carbons (Fsp3) is 0.417. The van der Waals surface area contributed by atoms with Crippen LogP contribution in [0.1, 0.15) is 29.6 Å². The van der Waals surface area contributed by atoms with Crippen molar-refractivity contribution in [3.63, 3.8) is 0 Å². The molecule has 2 rings (SSSR count). The topological polar surface area (TPSA) is 26.3 Å². The van der Waals surface area contributed by atoms with Gasteiger partial charge in [0.15, 0.2) is 0 Å². The van der Waals surface area contributed by atoms with Gasteiger partial charge in [0, 0.05) is 7.11 Å². The minimum atomic E-state index is -1.01. The maximum atomic E-state index is 13.4. The van der Waals surface area contributed by atoms with Gasteiger partial charge in [-0.3, -0.25) is 4.79 Å². The van der Waals surface area contributed by atoms with Crippen molar-refractivity contribution in [1.29, 1.82) is 0 Å². The van der Waals surface area contributed by atoms with Gasteiger partial charge in [-0.1, -0.05) is 6.07 Å². The maximum Gasteiger partial charge on any atom is 0.200 e. The molecule has 1 aliphatic rings. The first-order valence-electron chi connectivity index (χ1n) is 5.15. The Labute approximate surface area is 92.2 Å². The van der Waals surface area contributed by atoms with E-state index < -0.39 is 28.6 Å². The van der Waals surface area contributed by atoms with E-state index >= 15 is 0 Å². The Bertz CT molecular complexity index is 399. The molecule has 16 heavy (non-hydrogen) atoms. The first-order chi connectivity index (χ1) is 7.60. The molecule has 0 N–H and O–H groups in total. The number of ether oxygens (including phenoxy) is 1. The molecule has 0 saturated heterocycles. The lowest BCUT2D eigenvalue weighted by molar-refractivity contribution is -0.0453. The normalized spacial score (nSPS) is 17.9. The van der Waals surface area contributed by atoms with Crippen molar-refractivity contribution >= 4 is 5.78 Å². The molecule has 1 fully saturated rings. The van der Waals surface area contributed by atoms with Crippen molar-refractivity contribution in [1.82, 2.24) is 0 Å². The van der Waals surface area contributed by atoms with Gasteiger partial charge in [0.05, 0.1) is 5.56 Å². The van der Waals surface area contributed by atoms with Crippen LogP contribution in [0.15, 0.2) is 18.2 Å². The van der Waals surface area contributed by atoms with Gasteiger partial charge in [0.1, 0.15) is 17.2 Å². The minimum absolute atomic E-state index is 0.482. The third kappa shape index (κ3) is 1.53. The molecule has 1 aliphatic carbocycles. The van der Waals surface area contributed by atoms with Gasteiger partial charge in [0.25, 0.3) is 0 Å². The Morgan fingerprint density at radius 2 is 1.88 bits per heavy atom. The van der Waals surface area contributed by atoms with Gasteiger partial charge in [-0.05, 0) is 31.4 Å². The van der Waals surface area contributed by atoms with Crippen LogP contribution in [0.4, 0.5) is 8.78 Å². The zero-order valence-electron chi connectivity index (χ0n) is 8.93. The van der Waals surface area contributed by atoms with E-state index in [1.165, 1.54) is 13.2 Å². The van der Waals surface area contributed by atoms with Crippen LogP contribution in [0, 0.1) is 11.6 Å². The third-order valence-electron chi connectivity index (χ3n) is 3.16. The van der Waals surface area contributed by atoms with E-state index in [9.17, 15) is 13.6 Å². The first-order valence-corrected chi connectivity index (χ1v) is 5.15. The van der Waals surface area contributed by atoms with Crippen molar-refractivity contribution in [2.24, 2.45) is 0 Å². The standard InChI is InChI=1S/C12H12F2O2/c1-16-12(6-3-7-12)11(15)10-8(13)4-2-5-9(10)14/h2,4-5H,3,6-7H2,1H3. The van der Waals surface area contributed by atoms with Gasteiger partial charge < -0.3 is 4.74 Å². The van der Waals surface area contributed by atoms with E-state index in [0.29, 0.717) is 12.8 Å². The van der Waals surface area contributed by atoms with Crippen LogP contribution < -0.4 is 0 Å². The Kier molecular flexibility index (Phi) is 2.76. The van der Waals surface area contributed by atoms with Gasteiger partial charge in [0.2, 0.25) is 5.78 Å². The van der Waals surface area contributed by atoms with Gasteiger partial charge >= 0.3 is 0 Å². The third-order valence-corrected chi connectivity index (χ3v) is 3.16. The Morgan fingerprint density at radius 3 is 2.25 bits per heavy atom. The molecule has 0 atom stereocenters. The molecule has 0 amide bonds. The summed E-state index contributed by atoms with van der Waals surface area (Å²) in [5.41, 5.74) is -1.49. The lowest BCUT2D eigenvalue weighted by atomic mass is 9.74. The van der Waals surface area contributed by atoms with Crippen molar-refractivity contribution in [2.75, 3.05) is 7.11 Å². The average molecular weight is 226 g/mol. The summed E-state index contributed by atoms with van der Waals surface area (Å²) in [6.07, 6.45) is 1.89. The summed E-state index contributed by atoms with van der Waals surface area (Å²) in [5.74, 6) is -2.24. The first kappa shape index (κ1) is 11.2. The number of rotatable bonds is 3. The van der Waals surface area contributed by atoms with Crippen LogP contribution in [0.25, 0.3) is 0 Å². The summed E-state index contributed by atoms with van der Waals surface area (Å²) in [6.45, 7) is 0. The van der Waals surface area contributed by atoms with E-state index in [1.807, 2.05) is 0 Å². The van der Waals surface area contributed by atoms with Crippen LogP contribution in [0.3, 0.4) is 0 Å². The summed E-state index contributed by atoms with van der Waals surface area (Å²) in [6, 6.07) is 3.40. The average Bonchev–Trinajstić information content (AvgIpc) is 2.16. The monoisotopic (exact) mass is 226 g/mol. The second-order valence-electron chi connectivity index (χ2n) is 3.98. The predicted molar refractivity (Wildman–Crippen MR) is 54.3 cm³/mol. The van der Waals surface area contributed by atoms with Gasteiger partial charge in [-0.15, -0.1) is 0 Å². The van der Waals surface area contributed by atoms with Crippen molar-refractivity contribution < 1.29 is 18.3 Å². The fourth-order valence-electron chi connectivity index (χ4n) is 1.96. The highest BCUT2D eigenvalue weighted by Gasteiger charge is 2.46. The van der Waals surface area contributed by atoms with Gasteiger partial charge in [-0.2, -0.15) is 0 Å². The molecule has 1 aromatic carbocycles. The zero-order chi connectivity index (χ0) is 11.8. The summed E-state index contributed by atoms with van der Waals surface area (Å²) in [7, 11) is 1.40. The maximum absolute atomic E-state index is 13.4. The molecule has 4 heteroatoms. The number of methoxy groups -OCH3 is 1. The molecule has 0 unspecified atom stereocenters. The highest BCUT2D eigenvalue weighted by molar-refractivity contribution is 6.03. The lowest BCUT2D eigenvalue weighted by Gasteiger charge is -2.38. The fourth-order valence-corrected chi connectivity index (χ4v) is 1.96. The number of carbonyl (C=O) groups excluding carboxylic acids is 1. The van der Waals surface area contributed by atoms with Crippen LogP contribution in [0.5, 0.6) is 0 Å². The molecule has 1 aromatic rings. The second kappa shape index (κ2) is 3.94. The summed E-state index contributed by atoms with van der Waals surface area (Å²) in [5, 5.41) is 0. The lowest BCUT2D eigenvalue weighted by Crippen LogP contribution is -2.47. The van der Waals surface area contributed by atoms with Crippen LogP contribution in [0.2, 0.25) is 0 Å². The Morgan fingerprint density at radius 1 is 1.31 bits per heavy atom. The van der Waals surface area contributed by atoms with E-state index in [2.05, 4.69) is 0 Å². The van der Waals surface area contributed by atoms with Crippen LogP contribution in [-0.2, 0) is 4.74 Å². The quantitative estimate of drug-likeness (QED) is 0.741. The van der Waals surface area contributed by atoms with E-state index in [0.717, 1.165) is 18.6 Å². The number of hydrogen-bond donors (Lipinski definition) is 0. The van der Waals surface area contributed by atoms with Crippen LogP contribution >= 0.6 is 0 Å². The molecule has 0 bridgehead atoms. The smallest absolute Gasteiger partial charge is 0.200 e. The van der Waals surface area contributed by atoms with E-state index in [4.69, 9.17) is 4.74 Å². The number of ketones is 1. The zero-order valence-corrected chi connectivity index (χ0v) is 8.93. The SMILES string of the molecule is COC1(C(=O)c2c(F)cccc2F)CCC1. The predicted octanol–water partition coefficient (Wildman–Crippen LogP) is 2.72. The van der Waals surface area contributed by atoms with Crippen molar-refractivity contribution in [3.05, 3.63) is 35.4 Å². The van der Waals surface area contributed by atoms with Crippen molar-refractivity contribution in [3.8, 4) is 0 Å². The largest absolute Gasteiger partial charge is 0.370 e. The van der Waals surface area contributed by atoms with Crippen molar-refractivity contribution in [2.45, 2.75) is 24.9 Å². The molecule has 2 nitrogen and oxygen atoms in total. The molecule has 86 valence electrons. The number of benzene rings is 1. The number of carbonyl (C=O) groups is 1. The molecule has 0 spiro atoms. The molecule has 0 radical (unpaired) electrons. The summed E-state index contributed by atoms with van der Waals surface area (Å²) >= 11 is 0. The molecule has 0 heterocycles. The molecular formula is C12H12F2O2. The highest BCUT2D eigenvalue weighted by Crippen LogP contribution is 2.38. The van der Waals surface area contributed by atoms with E-state index in [-0.39, 0.29) is 0 Å². The highest BCUT2D eigenvalue weighted by atomic mass is 19.1. The molecular weight excluding hydrogens is 214 g/mol. The molecule has 0 aromatic heterocycles. The Balaban J connectivity index is 2.41. The second-order valence-corrected chi connectivity index (χ2v) is 3.98. The van der Waals surface area contributed by atoms with Gasteiger partial charge in [-0.25, -0.2) is 8.78 Å². The number of hydrogen-bond acceptors (Lipinski definition) is 2. The summed E-state index contributed by atoms with van der Waals surface area (Å²) < 4.78 is 31.9. The molecule has 0 aliphatic heterocycles. The Hall–Kier alpha value is -1.29. The van der Waals surface area contributed by atoms with E-state index in [1.54, 1.807) is 0 Å². The molecule has 1 saturated carbocycles. The number of halogens is 2. The minimum Gasteiger partial charge on any atom is -0.370 e. The van der Waals surface area contributed by atoms with Crippen LogP contribution in [-0.4, -0.2) is 18.5 Å².